The second-order valence-electron chi connectivity index (χ2n) is 4.43. The van der Waals surface area contributed by atoms with Crippen molar-refractivity contribution in [1.82, 2.24) is 10.3 Å². The Bertz CT molecular complexity index is 540. The van der Waals surface area contributed by atoms with E-state index in [1.54, 1.807) is 41.8 Å². The molecule has 20 heavy (non-hydrogen) atoms. The fourth-order valence-electron chi connectivity index (χ4n) is 1.60. The molecule has 0 saturated carbocycles. The maximum Gasteiger partial charge on any atom is 0.257 e. The van der Waals surface area contributed by atoms with E-state index in [-0.39, 0.29) is 18.4 Å². The summed E-state index contributed by atoms with van der Waals surface area (Å²) < 4.78 is 5.37. The zero-order valence-corrected chi connectivity index (χ0v) is 12.0. The first kappa shape index (κ1) is 14.3. The summed E-state index contributed by atoms with van der Waals surface area (Å²) in [5, 5.41) is 5.78. The monoisotopic (exact) mass is 291 g/mol. The van der Waals surface area contributed by atoms with Crippen molar-refractivity contribution in [3.63, 3.8) is 0 Å². The molecule has 0 spiro atoms. The van der Waals surface area contributed by atoms with Crippen LogP contribution in [-0.4, -0.2) is 24.0 Å². The Kier molecular flexibility index (Phi) is 4.95. The van der Waals surface area contributed by atoms with Crippen LogP contribution in [0.4, 0.5) is 5.69 Å². The highest BCUT2D eigenvalue weighted by Gasteiger charge is 2.10. The number of amides is 1. The van der Waals surface area contributed by atoms with Crippen molar-refractivity contribution in [2.75, 3.05) is 18.9 Å². The van der Waals surface area contributed by atoms with Crippen molar-refractivity contribution >= 4 is 22.9 Å². The van der Waals surface area contributed by atoms with Gasteiger partial charge in [-0.15, -0.1) is 11.3 Å². The molecule has 2 aromatic rings. The van der Waals surface area contributed by atoms with E-state index in [1.165, 1.54) is 0 Å². The van der Waals surface area contributed by atoms with Crippen LogP contribution in [0.25, 0.3) is 0 Å². The molecule has 0 radical (unpaired) electrons. The molecule has 3 N–H and O–H groups in total. The Balaban J connectivity index is 1.71. The van der Waals surface area contributed by atoms with Gasteiger partial charge in [0.2, 0.25) is 0 Å². The third-order valence-electron chi connectivity index (χ3n) is 2.73. The van der Waals surface area contributed by atoms with E-state index in [9.17, 15) is 4.79 Å². The normalized spacial score (nSPS) is 11.8. The molecule has 6 heteroatoms. The van der Waals surface area contributed by atoms with Crippen molar-refractivity contribution in [1.29, 1.82) is 0 Å². The van der Waals surface area contributed by atoms with Gasteiger partial charge in [0, 0.05) is 29.7 Å². The van der Waals surface area contributed by atoms with E-state index in [1.807, 2.05) is 12.3 Å². The van der Waals surface area contributed by atoms with Crippen molar-refractivity contribution in [2.24, 2.45) is 0 Å². The number of nitrogen functional groups attached to an aromatic ring is 1. The van der Waals surface area contributed by atoms with Crippen LogP contribution in [0.5, 0.6) is 5.75 Å². The number of ether oxygens (including phenoxy) is 1. The predicted molar refractivity (Wildman–Crippen MR) is 79.9 cm³/mol. The molecule has 0 bridgehead atoms. The van der Waals surface area contributed by atoms with Crippen LogP contribution in [-0.2, 0) is 4.79 Å². The Morgan fingerprint density at radius 1 is 1.45 bits per heavy atom. The Morgan fingerprint density at radius 2 is 2.20 bits per heavy atom. The summed E-state index contributed by atoms with van der Waals surface area (Å²) in [5.74, 6) is 0.683. The second kappa shape index (κ2) is 6.91. The van der Waals surface area contributed by atoms with Crippen LogP contribution < -0.4 is 15.8 Å². The zero-order valence-electron chi connectivity index (χ0n) is 11.2. The number of benzene rings is 1. The van der Waals surface area contributed by atoms with E-state index in [4.69, 9.17) is 10.5 Å². The third-order valence-corrected chi connectivity index (χ3v) is 3.74. The minimum atomic E-state index is -0.148. The molecule has 2 rings (SSSR count). The number of aromatic nitrogens is 1. The average Bonchev–Trinajstić information content (AvgIpc) is 2.98. The maximum atomic E-state index is 11.7. The van der Waals surface area contributed by atoms with Crippen molar-refractivity contribution in [3.8, 4) is 5.75 Å². The molecule has 0 fully saturated rings. The number of hydrogen-bond donors (Lipinski definition) is 2. The van der Waals surface area contributed by atoms with Crippen molar-refractivity contribution in [2.45, 2.75) is 12.8 Å². The molecule has 0 aliphatic carbocycles. The first-order valence-corrected chi connectivity index (χ1v) is 7.17. The molecule has 1 aromatic heterocycles. The number of carbonyl (C=O) groups excluding carboxylic acids is 1. The topological polar surface area (TPSA) is 77.2 Å². The zero-order chi connectivity index (χ0) is 14.4. The molecule has 1 heterocycles. The summed E-state index contributed by atoms with van der Waals surface area (Å²) in [6.07, 6.45) is 1.77. The summed E-state index contributed by atoms with van der Waals surface area (Å²) in [7, 11) is 0. The minimum Gasteiger partial charge on any atom is -0.484 e. The highest BCUT2D eigenvalue weighted by Crippen LogP contribution is 2.16. The first-order valence-electron chi connectivity index (χ1n) is 6.29. The molecule has 1 aromatic carbocycles. The number of carbonyl (C=O) groups is 1. The summed E-state index contributed by atoms with van der Waals surface area (Å²) in [6, 6.07) is 6.94. The molecule has 0 saturated heterocycles. The molecule has 0 aliphatic heterocycles. The number of nitrogens with zero attached hydrogens (tertiary/aromatic N) is 1. The molecule has 1 amide bonds. The lowest BCUT2D eigenvalue weighted by molar-refractivity contribution is -0.123. The fraction of sp³-hybridized carbons (Fsp3) is 0.286. The first-order chi connectivity index (χ1) is 9.65. The largest absolute Gasteiger partial charge is 0.484 e. The smallest absolute Gasteiger partial charge is 0.257 e. The van der Waals surface area contributed by atoms with Gasteiger partial charge in [-0.25, -0.2) is 4.98 Å². The van der Waals surface area contributed by atoms with Crippen LogP contribution in [0.3, 0.4) is 0 Å². The number of nitrogens with two attached hydrogens (primary N) is 1. The molecule has 106 valence electrons. The van der Waals surface area contributed by atoms with Gasteiger partial charge in [-0.2, -0.15) is 0 Å². The SMILES string of the molecule is CC(CNC(=O)COc1ccc(N)cc1)c1nccs1. The van der Waals surface area contributed by atoms with E-state index in [0.29, 0.717) is 18.0 Å². The van der Waals surface area contributed by atoms with E-state index >= 15 is 0 Å². The molecule has 5 nitrogen and oxygen atoms in total. The Labute approximate surface area is 121 Å². The van der Waals surface area contributed by atoms with E-state index in [2.05, 4.69) is 10.3 Å². The average molecular weight is 291 g/mol. The highest BCUT2D eigenvalue weighted by molar-refractivity contribution is 7.09. The van der Waals surface area contributed by atoms with Gasteiger partial charge in [0.1, 0.15) is 5.75 Å². The Morgan fingerprint density at radius 3 is 2.85 bits per heavy atom. The van der Waals surface area contributed by atoms with Crippen LogP contribution in [0.15, 0.2) is 35.8 Å². The number of hydrogen-bond acceptors (Lipinski definition) is 5. The minimum absolute atomic E-state index is 0.00545. The van der Waals surface area contributed by atoms with Gasteiger partial charge >= 0.3 is 0 Å². The van der Waals surface area contributed by atoms with Gasteiger partial charge in [0.25, 0.3) is 5.91 Å². The van der Waals surface area contributed by atoms with E-state index in [0.717, 1.165) is 5.01 Å². The van der Waals surface area contributed by atoms with Crippen LogP contribution in [0.2, 0.25) is 0 Å². The molecule has 0 aliphatic rings. The fourth-order valence-corrected chi connectivity index (χ4v) is 2.29. The summed E-state index contributed by atoms with van der Waals surface area (Å²) in [6.45, 7) is 2.58. The van der Waals surface area contributed by atoms with Gasteiger partial charge in [0.15, 0.2) is 6.61 Å². The lowest BCUT2D eigenvalue weighted by atomic mass is 10.2. The quantitative estimate of drug-likeness (QED) is 0.798. The second-order valence-corrected chi connectivity index (χ2v) is 5.36. The molecular formula is C14H17N3O2S. The number of thiazole rings is 1. The van der Waals surface area contributed by atoms with Crippen molar-refractivity contribution in [3.05, 3.63) is 40.8 Å². The van der Waals surface area contributed by atoms with Gasteiger partial charge in [-0.05, 0) is 24.3 Å². The number of anilines is 1. The lowest BCUT2D eigenvalue weighted by Crippen LogP contribution is -2.31. The summed E-state index contributed by atoms with van der Waals surface area (Å²) in [4.78, 5) is 15.9. The highest BCUT2D eigenvalue weighted by atomic mass is 32.1. The van der Waals surface area contributed by atoms with Gasteiger partial charge in [-0.3, -0.25) is 4.79 Å². The third kappa shape index (κ3) is 4.24. The van der Waals surface area contributed by atoms with Gasteiger partial charge in [0.05, 0.1) is 5.01 Å². The van der Waals surface area contributed by atoms with Gasteiger partial charge < -0.3 is 15.8 Å². The maximum absolute atomic E-state index is 11.7. The predicted octanol–water partition coefficient (Wildman–Crippen LogP) is 2.02. The Hall–Kier alpha value is -2.08. The van der Waals surface area contributed by atoms with Crippen LogP contribution in [0, 0.1) is 0 Å². The summed E-state index contributed by atoms with van der Waals surface area (Å²) >= 11 is 1.59. The van der Waals surface area contributed by atoms with E-state index < -0.39 is 0 Å². The number of rotatable bonds is 6. The molecule has 1 atom stereocenters. The molecule has 1 unspecified atom stereocenters. The standard InChI is InChI=1S/C14H17N3O2S/c1-10(14-16-6-7-20-14)8-17-13(18)9-19-12-4-2-11(15)3-5-12/h2-7,10H,8-9,15H2,1H3,(H,17,18). The van der Waals surface area contributed by atoms with Crippen molar-refractivity contribution < 1.29 is 9.53 Å². The van der Waals surface area contributed by atoms with Gasteiger partial charge in [-0.1, -0.05) is 6.92 Å². The van der Waals surface area contributed by atoms with Crippen LogP contribution >= 0.6 is 11.3 Å². The van der Waals surface area contributed by atoms with Crippen LogP contribution in [0.1, 0.15) is 17.8 Å². The summed E-state index contributed by atoms with van der Waals surface area (Å²) in [5.41, 5.74) is 6.24. The molecular weight excluding hydrogens is 274 g/mol. The number of nitrogens with one attached hydrogen (secondary N) is 1. The lowest BCUT2D eigenvalue weighted by Gasteiger charge is -2.11.